The molecular weight excluding hydrogens is 284 g/mol. The van der Waals surface area contributed by atoms with Crippen molar-refractivity contribution in [3.8, 4) is 0 Å². The molecule has 6 nitrogen and oxygen atoms in total. The molecule has 1 aliphatic carbocycles. The van der Waals surface area contributed by atoms with Gasteiger partial charge in [-0.1, -0.05) is 0 Å². The minimum atomic E-state index is -0.469. The van der Waals surface area contributed by atoms with Crippen molar-refractivity contribution < 1.29 is 19.0 Å². The standard InChI is InChI=1S/C16H28N2O4/c1-16(2,3)22-15(19)18-12-11-6-9-21-14(11)13(12)17-10-4-7-20-8-5-10/h10-14,17H,4-9H2,1-3H3,(H,18,19). The van der Waals surface area contributed by atoms with E-state index in [2.05, 4.69) is 10.6 Å². The molecule has 0 aromatic heterocycles. The van der Waals surface area contributed by atoms with Crippen molar-refractivity contribution in [1.82, 2.24) is 10.6 Å². The van der Waals surface area contributed by atoms with Gasteiger partial charge in [0.05, 0.1) is 18.2 Å². The molecule has 6 heteroatoms. The first kappa shape index (κ1) is 16.0. The largest absolute Gasteiger partial charge is 0.444 e. The minimum absolute atomic E-state index is 0.102. The Kier molecular flexibility index (Phi) is 4.61. The van der Waals surface area contributed by atoms with Gasteiger partial charge in [0.1, 0.15) is 5.60 Å². The number of hydrogen-bond acceptors (Lipinski definition) is 5. The van der Waals surface area contributed by atoms with Gasteiger partial charge in [0.2, 0.25) is 0 Å². The molecule has 126 valence electrons. The van der Waals surface area contributed by atoms with E-state index in [-0.39, 0.29) is 24.3 Å². The number of rotatable bonds is 3. The highest BCUT2D eigenvalue weighted by molar-refractivity contribution is 5.68. The summed E-state index contributed by atoms with van der Waals surface area (Å²) in [5, 5.41) is 6.72. The van der Waals surface area contributed by atoms with E-state index in [9.17, 15) is 4.79 Å². The fraction of sp³-hybridized carbons (Fsp3) is 0.938. The third-order valence-electron chi connectivity index (χ3n) is 4.72. The Hall–Kier alpha value is -0.850. The lowest BCUT2D eigenvalue weighted by Crippen LogP contribution is -2.71. The van der Waals surface area contributed by atoms with Gasteiger partial charge in [0.15, 0.2) is 0 Å². The second-order valence-corrected chi connectivity index (χ2v) is 7.54. The molecule has 4 atom stereocenters. The smallest absolute Gasteiger partial charge is 0.407 e. The Morgan fingerprint density at radius 3 is 2.50 bits per heavy atom. The molecule has 2 aliphatic heterocycles. The molecule has 0 radical (unpaired) electrons. The van der Waals surface area contributed by atoms with Crippen LogP contribution in [-0.2, 0) is 14.2 Å². The second-order valence-electron chi connectivity index (χ2n) is 7.54. The van der Waals surface area contributed by atoms with Crippen molar-refractivity contribution in [2.75, 3.05) is 19.8 Å². The summed E-state index contributed by atoms with van der Waals surface area (Å²) in [5.41, 5.74) is -0.469. The van der Waals surface area contributed by atoms with E-state index in [0.29, 0.717) is 12.0 Å². The number of fused-ring (bicyclic) bond motifs is 1. The van der Waals surface area contributed by atoms with Crippen LogP contribution in [0.25, 0.3) is 0 Å². The van der Waals surface area contributed by atoms with Crippen molar-refractivity contribution in [1.29, 1.82) is 0 Å². The van der Waals surface area contributed by atoms with Gasteiger partial charge in [0, 0.05) is 31.8 Å². The normalized spacial score (nSPS) is 35.6. The molecule has 2 saturated heterocycles. The van der Waals surface area contributed by atoms with Gasteiger partial charge in [0.25, 0.3) is 0 Å². The Bertz CT molecular complexity index is 403. The fourth-order valence-electron chi connectivity index (χ4n) is 3.68. The zero-order chi connectivity index (χ0) is 15.7. The van der Waals surface area contributed by atoms with Crippen LogP contribution in [0.5, 0.6) is 0 Å². The van der Waals surface area contributed by atoms with Gasteiger partial charge in [-0.05, 0) is 40.0 Å². The molecule has 0 aromatic rings. The molecule has 3 rings (SSSR count). The second kappa shape index (κ2) is 6.34. The molecule has 4 unspecified atom stereocenters. The van der Waals surface area contributed by atoms with Crippen LogP contribution in [0.1, 0.15) is 40.0 Å². The predicted octanol–water partition coefficient (Wildman–Crippen LogP) is 1.44. The first-order valence-electron chi connectivity index (χ1n) is 8.39. The zero-order valence-corrected chi connectivity index (χ0v) is 13.8. The van der Waals surface area contributed by atoms with Gasteiger partial charge in [-0.3, -0.25) is 0 Å². The molecule has 3 aliphatic rings. The van der Waals surface area contributed by atoms with Crippen molar-refractivity contribution in [3.05, 3.63) is 0 Å². The summed E-state index contributed by atoms with van der Waals surface area (Å²) in [6.07, 6.45) is 2.95. The number of carbonyl (C=O) groups is 1. The lowest BCUT2D eigenvalue weighted by molar-refractivity contribution is -0.0435. The third kappa shape index (κ3) is 3.55. The Balaban J connectivity index is 1.57. The number of nitrogens with one attached hydrogen (secondary N) is 2. The Labute approximate surface area is 132 Å². The van der Waals surface area contributed by atoms with E-state index >= 15 is 0 Å². The van der Waals surface area contributed by atoms with Crippen LogP contribution in [0.3, 0.4) is 0 Å². The van der Waals surface area contributed by atoms with Crippen LogP contribution in [0.4, 0.5) is 4.79 Å². The first-order chi connectivity index (χ1) is 10.4. The van der Waals surface area contributed by atoms with Crippen molar-refractivity contribution in [2.24, 2.45) is 5.92 Å². The molecule has 0 bridgehead atoms. The van der Waals surface area contributed by atoms with Gasteiger partial charge in [-0.25, -0.2) is 4.79 Å². The van der Waals surface area contributed by atoms with E-state index in [1.165, 1.54) is 0 Å². The summed E-state index contributed by atoms with van der Waals surface area (Å²) in [6.45, 7) is 8.05. The fourth-order valence-corrected chi connectivity index (χ4v) is 3.68. The van der Waals surface area contributed by atoms with E-state index < -0.39 is 5.60 Å². The number of ether oxygens (including phenoxy) is 3. The maximum atomic E-state index is 12.1. The van der Waals surface area contributed by atoms with E-state index in [1.54, 1.807) is 0 Å². The van der Waals surface area contributed by atoms with Gasteiger partial charge in [-0.2, -0.15) is 0 Å². The van der Waals surface area contributed by atoms with Crippen LogP contribution in [-0.4, -0.2) is 55.7 Å². The Morgan fingerprint density at radius 2 is 1.82 bits per heavy atom. The topological polar surface area (TPSA) is 68.8 Å². The molecule has 0 aromatic carbocycles. The molecule has 0 spiro atoms. The quantitative estimate of drug-likeness (QED) is 0.825. The molecular formula is C16H28N2O4. The highest BCUT2D eigenvalue weighted by Crippen LogP contribution is 2.39. The number of amides is 1. The summed E-state index contributed by atoms with van der Waals surface area (Å²) in [6, 6.07) is 0.736. The SMILES string of the molecule is CC(C)(C)OC(=O)NC1C2CCOC2C1NC1CCOCC1. The Morgan fingerprint density at radius 1 is 1.09 bits per heavy atom. The summed E-state index contributed by atoms with van der Waals surface area (Å²) in [5.74, 6) is 0.407. The summed E-state index contributed by atoms with van der Waals surface area (Å²) in [4.78, 5) is 12.1. The van der Waals surface area contributed by atoms with Gasteiger partial charge >= 0.3 is 6.09 Å². The molecule has 2 heterocycles. The van der Waals surface area contributed by atoms with Gasteiger partial charge in [-0.15, -0.1) is 0 Å². The highest BCUT2D eigenvalue weighted by Gasteiger charge is 2.55. The average molecular weight is 312 g/mol. The minimum Gasteiger partial charge on any atom is -0.444 e. The van der Waals surface area contributed by atoms with Crippen LogP contribution >= 0.6 is 0 Å². The number of hydrogen-bond donors (Lipinski definition) is 2. The average Bonchev–Trinajstić information content (AvgIpc) is 2.86. The van der Waals surface area contributed by atoms with Crippen LogP contribution in [0.15, 0.2) is 0 Å². The van der Waals surface area contributed by atoms with Crippen LogP contribution in [0.2, 0.25) is 0 Å². The summed E-state index contributed by atoms with van der Waals surface area (Å²) >= 11 is 0. The van der Waals surface area contributed by atoms with Gasteiger partial charge < -0.3 is 24.8 Å². The van der Waals surface area contributed by atoms with Crippen LogP contribution < -0.4 is 10.6 Å². The lowest BCUT2D eigenvalue weighted by atomic mass is 9.71. The van der Waals surface area contributed by atoms with Crippen molar-refractivity contribution >= 4 is 6.09 Å². The molecule has 2 N–H and O–H groups in total. The van der Waals surface area contributed by atoms with E-state index in [1.807, 2.05) is 20.8 Å². The van der Waals surface area contributed by atoms with Crippen molar-refractivity contribution in [2.45, 2.75) is 69.9 Å². The summed E-state index contributed by atoms with van der Waals surface area (Å²) < 4.78 is 16.6. The zero-order valence-electron chi connectivity index (χ0n) is 13.8. The predicted molar refractivity (Wildman–Crippen MR) is 81.8 cm³/mol. The maximum absolute atomic E-state index is 12.1. The molecule has 1 amide bonds. The summed E-state index contributed by atoms with van der Waals surface area (Å²) in [7, 11) is 0. The lowest BCUT2D eigenvalue weighted by Gasteiger charge is -2.49. The first-order valence-corrected chi connectivity index (χ1v) is 8.39. The number of carbonyl (C=O) groups excluding carboxylic acids is 1. The number of alkyl carbamates (subject to hydrolysis) is 1. The highest BCUT2D eigenvalue weighted by atomic mass is 16.6. The van der Waals surface area contributed by atoms with Crippen molar-refractivity contribution in [3.63, 3.8) is 0 Å². The molecule has 22 heavy (non-hydrogen) atoms. The van der Waals surface area contributed by atoms with E-state index in [4.69, 9.17) is 14.2 Å². The maximum Gasteiger partial charge on any atom is 0.407 e. The van der Waals surface area contributed by atoms with Crippen LogP contribution in [0, 0.1) is 5.92 Å². The monoisotopic (exact) mass is 312 g/mol. The van der Waals surface area contributed by atoms with E-state index in [0.717, 1.165) is 39.1 Å². The molecule has 1 saturated carbocycles. The third-order valence-corrected chi connectivity index (χ3v) is 4.72. The molecule has 3 fully saturated rings.